The maximum Gasteiger partial charge on any atom is 0.284 e. The van der Waals surface area contributed by atoms with Gasteiger partial charge in [0.1, 0.15) is 6.61 Å². The Hall–Kier alpha value is -2.67. The molecule has 1 amide bonds. The summed E-state index contributed by atoms with van der Waals surface area (Å²) in [5.74, 6) is -1.38. The van der Waals surface area contributed by atoms with Crippen LogP contribution in [0.3, 0.4) is 0 Å². The molecule has 1 aliphatic rings. The largest absolute Gasteiger partial charge is 0.463 e. The lowest BCUT2D eigenvalue weighted by molar-refractivity contribution is 0.101. The predicted molar refractivity (Wildman–Crippen MR) is 98.2 cm³/mol. The molecule has 1 fully saturated rings. The Morgan fingerprint density at radius 3 is 2.88 bits per heavy atom. The molecule has 0 radical (unpaired) electrons. The van der Waals surface area contributed by atoms with Crippen molar-refractivity contribution in [3.63, 3.8) is 0 Å². The lowest BCUT2D eigenvalue weighted by atomic mass is 10.1. The average molecular weight is 377 g/mol. The number of amides is 1. The number of hydrogen-bond acceptors (Lipinski definition) is 4. The Morgan fingerprint density at radius 1 is 1.46 bits per heavy atom. The summed E-state index contributed by atoms with van der Waals surface area (Å²) in [4.78, 5) is 19.8. The van der Waals surface area contributed by atoms with Crippen molar-refractivity contribution in [2.75, 3.05) is 19.0 Å². The summed E-state index contributed by atoms with van der Waals surface area (Å²) in [6.45, 7) is 0.612. The zero-order valence-corrected chi connectivity index (χ0v) is 14.9. The number of carbonyl (C=O) groups is 1. The van der Waals surface area contributed by atoms with Crippen LogP contribution in [0.2, 0.25) is 5.02 Å². The van der Waals surface area contributed by atoms with E-state index < -0.39 is 11.7 Å². The van der Waals surface area contributed by atoms with Crippen molar-refractivity contribution in [3.05, 3.63) is 58.6 Å². The van der Waals surface area contributed by atoms with Gasteiger partial charge in [0.05, 0.1) is 11.1 Å². The molecule has 0 bridgehead atoms. The van der Waals surface area contributed by atoms with Gasteiger partial charge in [-0.2, -0.15) is 0 Å². The number of aromatic nitrogens is 1. The van der Waals surface area contributed by atoms with Gasteiger partial charge in [-0.15, -0.1) is 0 Å². The molecule has 1 aromatic heterocycles. The van der Waals surface area contributed by atoms with Gasteiger partial charge in [-0.1, -0.05) is 23.7 Å². The van der Waals surface area contributed by atoms with Crippen LogP contribution >= 0.6 is 11.6 Å². The van der Waals surface area contributed by atoms with Crippen molar-refractivity contribution in [1.29, 1.82) is 0 Å². The quantitative estimate of drug-likeness (QED) is 0.841. The number of aliphatic imine (C=N–C) groups is 1. The van der Waals surface area contributed by atoms with Crippen LogP contribution in [0.5, 0.6) is 0 Å². The summed E-state index contributed by atoms with van der Waals surface area (Å²) in [5.41, 5.74) is 1.40. The molecule has 2 aromatic rings. The highest BCUT2D eigenvalue weighted by molar-refractivity contribution is 6.30. The van der Waals surface area contributed by atoms with Crippen LogP contribution < -0.4 is 10.6 Å². The zero-order valence-electron chi connectivity index (χ0n) is 14.1. The van der Waals surface area contributed by atoms with Crippen molar-refractivity contribution in [2.45, 2.75) is 18.9 Å². The number of carbonyl (C=O) groups excluding carboxylic acids is 1. The number of amidine groups is 1. The highest BCUT2D eigenvalue weighted by Crippen LogP contribution is 2.16. The van der Waals surface area contributed by atoms with Crippen LogP contribution in [0.1, 0.15) is 22.5 Å². The number of anilines is 1. The fraction of sp³-hybridized carbons (Fsp3) is 0.278. The molecule has 0 spiro atoms. The van der Waals surface area contributed by atoms with E-state index in [4.69, 9.17) is 16.3 Å². The number of hydrogen-bond donors (Lipinski definition) is 2. The van der Waals surface area contributed by atoms with E-state index in [0.29, 0.717) is 18.3 Å². The van der Waals surface area contributed by atoms with Gasteiger partial charge in [-0.25, -0.2) is 14.4 Å². The number of pyridine rings is 1. The Bertz CT molecular complexity index is 826. The van der Waals surface area contributed by atoms with Crippen molar-refractivity contribution in [1.82, 2.24) is 10.3 Å². The minimum Gasteiger partial charge on any atom is -0.463 e. The maximum atomic E-state index is 13.7. The molecule has 26 heavy (non-hydrogen) atoms. The highest BCUT2D eigenvalue weighted by atomic mass is 35.5. The standard InChI is InChI=1S/C18H18ClFN4O2/c1-21-18-24-14(10-26-18)7-4-11-2-5-13(6-3-11)23-17(25)16-15(20)8-12(19)9-22-16/h2-3,5-6,8-9,14H,4,7,10H2,1H3,(H,21,24)(H,23,25). The number of nitrogens with one attached hydrogen (secondary N) is 2. The first-order chi connectivity index (χ1) is 12.5. The zero-order chi connectivity index (χ0) is 18.5. The third-order valence-corrected chi connectivity index (χ3v) is 4.17. The van der Waals surface area contributed by atoms with Crippen LogP contribution in [-0.4, -0.2) is 36.6 Å². The lowest BCUT2D eigenvalue weighted by Crippen LogP contribution is -2.27. The van der Waals surface area contributed by atoms with Crippen molar-refractivity contribution < 1.29 is 13.9 Å². The van der Waals surface area contributed by atoms with Gasteiger partial charge in [0.2, 0.25) is 0 Å². The third kappa shape index (κ3) is 4.49. The Morgan fingerprint density at radius 2 is 2.23 bits per heavy atom. The summed E-state index contributed by atoms with van der Waals surface area (Å²) < 4.78 is 19.1. The molecule has 136 valence electrons. The molecule has 2 heterocycles. The van der Waals surface area contributed by atoms with Crippen LogP contribution in [0.15, 0.2) is 41.5 Å². The van der Waals surface area contributed by atoms with E-state index in [2.05, 4.69) is 20.6 Å². The van der Waals surface area contributed by atoms with Gasteiger partial charge in [-0.05, 0) is 36.6 Å². The van der Waals surface area contributed by atoms with Gasteiger partial charge >= 0.3 is 0 Å². The molecule has 0 aliphatic carbocycles. The lowest BCUT2D eigenvalue weighted by Gasteiger charge is -2.09. The first-order valence-corrected chi connectivity index (χ1v) is 8.50. The smallest absolute Gasteiger partial charge is 0.284 e. The van der Waals surface area contributed by atoms with E-state index in [9.17, 15) is 9.18 Å². The maximum absolute atomic E-state index is 13.7. The monoisotopic (exact) mass is 376 g/mol. The molecule has 1 aliphatic heterocycles. The molecule has 8 heteroatoms. The summed E-state index contributed by atoms with van der Waals surface area (Å²) in [6, 6.07) is 9.28. The van der Waals surface area contributed by atoms with E-state index in [1.807, 2.05) is 12.1 Å². The summed E-state index contributed by atoms with van der Waals surface area (Å²) in [5, 5.41) is 5.96. The molecule has 1 unspecified atom stereocenters. The van der Waals surface area contributed by atoms with Crippen molar-refractivity contribution in [2.24, 2.45) is 4.99 Å². The Balaban J connectivity index is 1.55. The molecule has 3 rings (SSSR count). The van der Waals surface area contributed by atoms with E-state index in [0.717, 1.165) is 24.5 Å². The summed E-state index contributed by atoms with van der Waals surface area (Å²) in [7, 11) is 1.68. The number of benzene rings is 1. The first-order valence-electron chi connectivity index (χ1n) is 8.12. The predicted octanol–water partition coefficient (Wildman–Crippen LogP) is 3.03. The molecular weight excluding hydrogens is 359 g/mol. The second kappa shape index (κ2) is 8.14. The Labute approximate surface area is 155 Å². The normalized spacial score (nSPS) is 17.7. The van der Waals surface area contributed by atoms with Gasteiger partial charge in [0, 0.05) is 18.9 Å². The van der Waals surface area contributed by atoms with Crippen LogP contribution in [0.25, 0.3) is 0 Å². The number of nitrogens with zero attached hydrogens (tertiary/aromatic N) is 2. The van der Waals surface area contributed by atoms with Gasteiger partial charge in [0.15, 0.2) is 11.5 Å². The summed E-state index contributed by atoms with van der Waals surface area (Å²) in [6.07, 6.45) is 3.00. The van der Waals surface area contributed by atoms with Crippen molar-refractivity contribution >= 4 is 29.2 Å². The van der Waals surface area contributed by atoms with Gasteiger partial charge < -0.3 is 15.4 Å². The molecule has 1 saturated heterocycles. The highest BCUT2D eigenvalue weighted by Gasteiger charge is 2.20. The second-order valence-corrected chi connectivity index (χ2v) is 6.29. The number of halogens is 2. The number of rotatable bonds is 5. The molecule has 1 atom stereocenters. The van der Waals surface area contributed by atoms with E-state index in [1.165, 1.54) is 6.20 Å². The van der Waals surface area contributed by atoms with Crippen LogP contribution in [0.4, 0.5) is 10.1 Å². The fourth-order valence-corrected chi connectivity index (χ4v) is 2.73. The van der Waals surface area contributed by atoms with E-state index >= 15 is 0 Å². The third-order valence-electron chi connectivity index (χ3n) is 3.97. The SMILES string of the molecule is CN=C1NC(CCc2ccc(NC(=O)c3ncc(Cl)cc3F)cc2)CO1. The number of ether oxygens (including phenoxy) is 1. The first kappa shape index (κ1) is 18.1. The average Bonchev–Trinajstić information content (AvgIpc) is 3.09. The van der Waals surface area contributed by atoms with Crippen LogP contribution in [-0.2, 0) is 11.2 Å². The number of aryl methyl sites for hydroxylation is 1. The summed E-state index contributed by atoms with van der Waals surface area (Å²) >= 11 is 5.64. The molecule has 0 saturated carbocycles. The fourth-order valence-electron chi connectivity index (χ4n) is 2.59. The van der Waals surface area contributed by atoms with Gasteiger partial charge in [-0.3, -0.25) is 4.79 Å². The molecular formula is C18H18ClFN4O2. The topological polar surface area (TPSA) is 75.6 Å². The minimum atomic E-state index is -0.757. The van der Waals surface area contributed by atoms with E-state index in [1.54, 1.807) is 19.2 Å². The van der Waals surface area contributed by atoms with Crippen LogP contribution in [0, 0.1) is 5.82 Å². The second-order valence-electron chi connectivity index (χ2n) is 5.85. The molecule has 2 N–H and O–H groups in total. The van der Waals surface area contributed by atoms with Gasteiger partial charge in [0.25, 0.3) is 11.9 Å². The molecule has 6 nitrogen and oxygen atoms in total. The molecule has 1 aromatic carbocycles. The minimum absolute atomic E-state index is 0.142. The van der Waals surface area contributed by atoms with E-state index in [-0.39, 0.29) is 16.8 Å². The van der Waals surface area contributed by atoms with Crippen molar-refractivity contribution in [3.8, 4) is 0 Å². The Kier molecular flexibility index (Phi) is 5.68.